The summed E-state index contributed by atoms with van der Waals surface area (Å²) in [6, 6.07) is 21.2. The van der Waals surface area contributed by atoms with Crippen molar-refractivity contribution in [2.45, 2.75) is 90.6 Å². The molecule has 0 saturated heterocycles. The number of hydrogen-bond donors (Lipinski definition) is 1. The Morgan fingerprint density at radius 3 is 1.88 bits per heavy atom. The van der Waals surface area contributed by atoms with Crippen molar-refractivity contribution in [3.05, 3.63) is 84.0 Å². The molecule has 2 aromatic carbocycles. The molecule has 43 heavy (non-hydrogen) atoms. The third-order valence-corrected chi connectivity index (χ3v) is 19.0. The van der Waals surface area contributed by atoms with Gasteiger partial charge in [0.2, 0.25) is 0 Å². The summed E-state index contributed by atoms with van der Waals surface area (Å²) in [5, 5.41) is 14.2. The Labute approximate surface area is 262 Å². The Bertz CT molecular complexity index is 1250. The molecule has 0 spiro atoms. The lowest BCUT2D eigenvalue weighted by atomic mass is 9.72. The van der Waals surface area contributed by atoms with Crippen molar-refractivity contribution in [2.24, 2.45) is 11.8 Å². The van der Waals surface area contributed by atoms with Crippen LogP contribution in [0.4, 0.5) is 0 Å². The van der Waals surface area contributed by atoms with Gasteiger partial charge in [-0.2, -0.15) is 0 Å². The standard InChI is InChI=1S/C36H54O5Si2/c1-27(25-40-42(10,11)34(3,4)5)22-30-23-29(28(2)24-36(30,38)33(37)39-9)26-41-43(35(6,7)8,31-18-14-12-15-19-31)32-20-16-13-17-21-32/h12-23,28,30,38H,24-26H2,1-11H3/b27-22+/t28-,30-,36-/m0/s1. The van der Waals surface area contributed by atoms with Gasteiger partial charge in [-0.15, -0.1) is 0 Å². The van der Waals surface area contributed by atoms with Gasteiger partial charge in [-0.25, -0.2) is 4.79 Å². The molecule has 0 bridgehead atoms. The van der Waals surface area contributed by atoms with E-state index in [1.807, 2.05) is 31.2 Å². The summed E-state index contributed by atoms with van der Waals surface area (Å²) in [5.74, 6) is -1.24. The zero-order valence-corrected chi connectivity index (χ0v) is 30.3. The van der Waals surface area contributed by atoms with E-state index in [0.717, 1.165) is 11.1 Å². The Morgan fingerprint density at radius 2 is 1.44 bits per heavy atom. The van der Waals surface area contributed by atoms with E-state index < -0.39 is 34.1 Å². The fourth-order valence-electron chi connectivity index (χ4n) is 5.86. The molecule has 1 N–H and O–H groups in total. The summed E-state index contributed by atoms with van der Waals surface area (Å²) in [6.45, 7) is 22.9. The van der Waals surface area contributed by atoms with Crippen molar-refractivity contribution >= 4 is 33.0 Å². The highest BCUT2D eigenvalue weighted by Gasteiger charge is 2.52. The molecule has 1 aliphatic carbocycles. The third-order valence-electron chi connectivity index (χ3n) is 9.54. The number of benzene rings is 2. The van der Waals surface area contributed by atoms with Gasteiger partial charge in [0.25, 0.3) is 8.32 Å². The van der Waals surface area contributed by atoms with Gasteiger partial charge >= 0.3 is 5.97 Å². The van der Waals surface area contributed by atoms with Gasteiger partial charge in [-0.1, -0.05) is 127 Å². The molecule has 0 saturated carbocycles. The van der Waals surface area contributed by atoms with Crippen molar-refractivity contribution < 1.29 is 23.5 Å². The number of aliphatic hydroxyl groups is 1. The lowest BCUT2D eigenvalue weighted by Crippen LogP contribution is -2.66. The van der Waals surface area contributed by atoms with Crippen LogP contribution >= 0.6 is 0 Å². The number of rotatable bonds is 10. The molecule has 0 aliphatic heterocycles. The van der Waals surface area contributed by atoms with Gasteiger partial charge in [0.15, 0.2) is 13.9 Å². The van der Waals surface area contributed by atoms with Crippen molar-refractivity contribution in [1.82, 2.24) is 0 Å². The van der Waals surface area contributed by atoms with Crippen LogP contribution in [0.5, 0.6) is 0 Å². The lowest BCUT2D eigenvalue weighted by molar-refractivity contribution is -0.167. The summed E-state index contributed by atoms with van der Waals surface area (Å²) >= 11 is 0. The molecule has 7 heteroatoms. The van der Waals surface area contributed by atoms with Gasteiger partial charge in [0.05, 0.1) is 20.3 Å². The summed E-state index contributed by atoms with van der Waals surface area (Å²) in [4.78, 5) is 13.0. The Morgan fingerprint density at radius 1 is 0.930 bits per heavy atom. The maximum Gasteiger partial charge on any atom is 0.338 e. The van der Waals surface area contributed by atoms with Crippen molar-refractivity contribution in [2.75, 3.05) is 20.3 Å². The largest absolute Gasteiger partial charge is 0.467 e. The van der Waals surface area contributed by atoms with Gasteiger partial charge in [-0.05, 0) is 58.4 Å². The normalized spacial score (nSPS) is 22.2. The van der Waals surface area contributed by atoms with Crippen LogP contribution in [0.25, 0.3) is 0 Å². The molecular weight excluding hydrogens is 569 g/mol. The van der Waals surface area contributed by atoms with E-state index in [1.165, 1.54) is 17.5 Å². The second kappa shape index (κ2) is 13.4. The number of hydrogen-bond acceptors (Lipinski definition) is 5. The first-order chi connectivity index (χ1) is 19.9. The first-order valence-corrected chi connectivity index (χ1v) is 20.3. The van der Waals surface area contributed by atoms with Crippen LogP contribution in [0, 0.1) is 11.8 Å². The molecule has 1 aliphatic rings. The maximum atomic E-state index is 13.0. The fraction of sp³-hybridized carbons (Fsp3) is 0.528. The number of carbonyl (C=O) groups excluding carboxylic acids is 1. The van der Waals surface area contributed by atoms with Gasteiger partial charge < -0.3 is 18.7 Å². The van der Waals surface area contributed by atoms with E-state index in [-0.39, 0.29) is 22.4 Å². The molecule has 0 heterocycles. The molecule has 0 amide bonds. The second-order valence-corrected chi connectivity index (χ2v) is 23.9. The van der Waals surface area contributed by atoms with Crippen molar-refractivity contribution in [3.63, 3.8) is 0 Å². The van der Waals surface area contributed by atoms with Gasteiger partial charge in [0.1, 0.15) is 0 Å². The van der Waals surface area contributed by atoms with E-state index in [9.17, 15) is 9.90 Å². The van der Waals surface area contributed by atoms with Crippen LogP contribution in [-0.4, -0.2) is 53.6 Å². The fourth-order valence-corrected chi connectivity index (χ4v) is 11.4. The molecule has 0 unspecified atom stereocenters. The van der Waals surface area contributed by atoms with Crippen LogP contribution in [0.3, 0.4) is 0 Å². The zero-order chi connectivity index (χ0) is 32.3. The van der Waals surface area contributed by atoms with E-state index in [0.29, 0.717) is 13.2 Å². The minimum atomic E-state index is -2.76. The van der Waals surface area contributed by atoms with E-state index in [4.69, 9.17) is 13.6 Å². The minimum absolute atomic E-state index is 0.0734. The Kier molecular flexibility index (Phi) is 10.9. The summed E-state index contributed by atoms with van der Waals surface area (Å²) in [5.41, 5.74) is 0.406. The molecule has 5 nitrogen and oxygen atoms in total. The summed E-state index contributed by atoms with van der Waals surface area (Å²) in [6.07, 6.45) is 4.28. The monoisotopic (exact) mass is 622 g/mol. The predicted octanol–water partition coefficient (Wildman–Crippen LogP) is 7.02. The lowest BCUT2D eigenvalue weighted by Gasteiger charge is -2.44. The molecule has 0 fully saturated rings. The molecular formula is C36H54O5Si2. The Hall–Kier alpha value is -2.30. The second-order valence-electron chi connectivity index (χ2n) is 14.8. The topological polar surface area (TPSA) is 65.0 Å². The SMILES string of the molecule is COC(=O)[C@]1(O)C[C@H](C)C(CO[Si](c2ccccc2)(c2ccccc2)C(C)(C)C)=C[C@@H]1/C=C(\C)CO[Si](C)(C)C(C)(C)C. The van der Waals surface area contributed by atoms with E-state index >= 15 is 0 Å². The predicted molar refractivity (Wildman–Crippen MR) is 183 cm³/mol. The van der Waals surface area contributed by atoms with Crippen LogP contribution in [0.1, 0.15) is 61.8 Å². The first-order valence-electron chi connectivity index (χ1n) is 15.5. The smallest absolute Gasteiger partial charge is 0.338 e. The highest BCUT2D eigenvalue weighted by Crippen LogP contribution is 2.42. The third kappa shape index (κ3) is 7.51. The van der Waals surface area contributed by atoms with E-state index in [2.05, 4.69) is 110 Å². The summed E-state index contributed by atoms with van der Waals surface area (Å²) < 4.78 is 18.8. The van der Waals surface area contributed by atoms with Crippen LogP contribution in [-0.2, 0) is 18.4 Å². The Balaban J connectivity index is 2.04. The highest BCUT2D eigenvalue weighted by molar-refractivity contribution is 6.99. The van der Waals surface area contributed by atoms with E-state index in [1.54, 1.807) is 0 Å². The van der Waals surface area contributed by atoms with Crippen LogP contribution in [0.15, 0.2) is 84.0 Å². The molecule has 3 rings (SSSR count). The van der Waals surface area contributed by atoms with Crippen molar-refractivity contribution in [1.29, 1.82) is 0 Å². The van der Waals surface area contributed by atoms with Crippen LogP contribution < -0.4 is 10.4 Å². The quantitative estimate of drug-likeness (QED) is 0.175. The summed E-state index contributed by atoms with van der Waals surface area (Å²) in [7, 11) is -3.39. The molecule has 2 aromatic rings. The van der Waals surface area contributed by atoms with Gasteiger partial charge in [-0.3, -0.25) is 0 Å². The maximum absolute atomic E-state index is 13.0. The molecule has 236 valence electrons. The number of methoxy groups -OCH3 is 1. The van der Waals surface area contributed by atoms with Gasteiger partial charge in [0, 0.05) is 5.92 Å². The van der Waals surface area contributed by atoms with Crippen LogP contribution in [0.2, 0.25) is 23.2 Å². The number of esters is 1. The highest BCUT2D eigenvalue weighted by atomic mass is 28.4. The zero-order valence-electron chi connectivity index (χ0n) is 28.3. The molecule has 0 aromatic heterocycles. The minimum Gasteiger partial charge on any atom is -0.467 e. The number of carbonyl (C=O) groups is 1. The first kappa shape index (κ1) is 35.2. The van der Waals surface area contributed by atoms with Crippen molar-refractivity contribution in [3.8, 4) is 0 Å². The average Bonchev–Trinajstić information content (AvgIpc) is 2.93. The molecule has 3 atom stereocenters. The number of ether oxygens (including phenoxy) is 1. The molecule has 0 radical (unpaired) electrons. The average molecular weight is 623 g/mol.